The van der Waals surface area contributed by atoms with E-state index in [4.69, 9.17) is 9.47 Å². The Morgan fingerprint density at radius 3 is 2.53 bits per heavy atom. The molecule has 9 heteroatoms. The van der Waals surface area contributed by atoms with Crippen molar-refractivity contribution in [1.82, 2.24) is 20.1 Å². The van der Waals surface area contributed by atoms with Crippen LogP contribution in [0.4, 0.5) is 5.69 Å². The molecule has 1 fully saturated rings. The fourth-order valence-electron chi connectivity index (χ4n) is 4.30. The Hall–Kier alpha value is -3.88. The van der Waals surface area contributed by atoms with Crippen LogP contribution in [-0.2, 0) is 11.2 Å². The lowest BCUT2D eigenvalue weighted by molar-refractivity contribution is -0.131. The molecule has 1 amide bonds. The van der Waals surface area contributed by atoms with Gasteiger partial charge in [0.25, 0.3) is 5.56 Å². The maximum absolute atomic E-state index is 12.8. The monoisotopic (exact) mass is 491 g/mol. The first-order valence-electron chi connectivity index (χ1n) is 12.4. The van der Waals surface area contributed by atoms with Crippen LogP contribution in [-0.4, -0.2) is 65.9 Å². The van der Waals surface area contributed by atoms with Gasteiger partial charge in [-0.2, -0.15) is 0 Å². The van der Waals surface area contributed by atoms with Gasteiger partial charge in [0.1, 0.15) is 5.69 Å². The van der Waals surface area contributed by atoms with Gasteiger partial charge in [0.2, 0.25) is 5.91 Å². The number of carbonyl (C=O) groups excluding carboxylic acids is 1. The predicted octanol–water partition coefficient (Wildman–Crippen LogP) is 3.22. The maximum atomic E-state index is 12.8. The van der Waals surface area contributed by atoms with Crippen LogP contribution in [0.5, 0.6) is 11.5 Å². The van der Waals surface area contributed by atoms with Gasteiger partial charge in [-0.15, -0.1) is 10.2 Å². The number of anilines is 1. The second-order valence-electron chi connectivity index (χ2n) is 8.82. The van der Waals surface area contributed by atoms with Gasteiger partial charge in [-0.1, -0.05) is 25.1 Å². The molecule has 190 valence electrons. The highest BCUT2D eigenvalue weighted by Crippen LogP contribution is 2.31. The van der Waals surface area contributed by atoms with E-state index in [9.17, 15) is 9.59 Å². The van der Waals surface area contributed by atoms with Gasteiger partial charge >= 0.3 is 0 Å². The number of carbonyl (C=O) groups is 1. The summed E-state index contributed by atoms with van der Waals surface area (Å²) < 4.78 is 11.1. The van der Waals surface area contributed by atoms with Gasteiger partial charge < -0.3 is 24.3 Å². The molecule has 0 atom stereocenters. The fourth-order valence-corrected chi connectivity index (χ4v) is 4.30. The Kier molecular flexibility index (Phi) is 8.20. The molecule has 0 radical (unpaired) electrons. The predicted molar refractivity (Wildman–Crippen MR) is 139 cm³/mol. The number of aromatic amines is 1. The van der Waals surface area contributed by atoms with Crippen LogP contribution in [0.2, 0.25) is 0 Å². The van der Waals surface area contributed by atoms with Crippen molar-refractivity contribution < 1.29 is 14.3 Å². The van der Waals surface area contributed by atoms with Gasteiger partial charge in [-0.05, 0) is 43.2 Å². The molecular formula is C27H33N5O4. The summed E-state index contributed by atoms with van der Waals surface area (Å²) in [4.78, 5) is 32.4. The summed E-state index contributed by atoms with van der Waals surface area (Å²) in [6.45, 7) is 7.62. The van der Waals surface area contributed by atoms with E-state index < -0.39 is 0 Å². The lowest BCUT2D eigenvalue weighted by atomic mass is 10.1. The third-order valence-corrected chi connectivity index (χ3v) is 6.33. The highest BCUT2D eigenvalue weighted by molar-refractivity contribution is 5.76. The largest absolute Gasteiger partial charge is 0.493 e. The van der Waals surface area contributed by atoms with Crippen molar-refractivity contribution in [2.75, 3.05) is 44.8 Å². The molecule has 0 spiro atoms. The lowest BCUT2D eigenvalue weighted by Gasteiger charge is -2.36. The second kappa shape index (κ2) is 11.7. The SMILES string of the molecule is CCCOc1ccc(-c2nnc(CCC(=O)N3CCN(c4ccccc4C)CC3)c(=O)[nH]2)cc1OC. The number of ether oxygens (including phenoxy) is 2. The topological polar surface area (TPSA) is 101 Å². The van der Waals surface area contributed by atoms with Crippen molar-refractivity contribution in [3.63, 3.8) is 0 Å². The summed E-state index contributed by atoms with van der Waals surface area (Å²) in [5.74, 6) is 1.55. The van der Waals surface area contributed by atoms with E-state index >= 15 is 0 Å². The number of nitrogens with zero attached hydrogens (tertiary/aromatic N) is 4. The number of benzene rings is 2. The van der Waals surface area contributed by atoms with E-state index in [1.165, 1.54) is 11.3 Å². The molecule has 0 unspecified atom stereocenters. The number of aromatic nitrogens is 3. The summed E-state index contributed by atoms with van der Waals surface area (Å²) in [6, 6.07) is 13.6. The van der Waals surface area contributed by atoms with E-state index in [-0.39, 0.29) is 30.0 Å². The first-order valence-corrected chi connectivity index (χ1v) is 12.4. The van der Waals surface area contributed by atoms with E-state index in [1.54, 1.807) is 25.3 Å². The number of nitrogens with one attached hydrogen (secondary N) is 1. The molecule has 2 aromatic carbocycles. The first kappa shape index (κ1) is 25.2. The van der Waals surface area contributed by atoms with E-state index in [1.807, 2.05) is 24.0 Å². The summed E-state index contributed by atoms with van der Waals surface area (Å²) in [6.07, 6.45) is 1.35. The molecule has 0 aliphatic carbocycles. The number of H-pyrrole nitrogens is 1. The molecule has 4 rings (SSSR count). The van der Waals surface area contributed by atoms with Crippen LogP contribution in [0, 0.1) is 6.92 Å². The molecule has 1 N–H and O–H groups in total. The third kappa shape index (κ3) is 5.84. The Balaban J connectivity index is 1.34. The number of amides is 1. The molecule has 1 saturated heterocycles. The highest BCUT2D eigenvalue weighted by Gasteiger charge is 2.22. The second-order valence-corrected chi connectivity index (χ2v) is 8.82. The number of aryl methyl sites for hydroxylation is 2. The molecule has 36 heavy (non-hydrogen) atoms. The standard InChI is InChI=1S/C27H33N5O4/c1-4-17-36-23-11-9-20(18-24(23)35-3)26-28-27(34)21(29-30-26)10-12-25(33)32-15-13-31(14-16-32)22-8-6-5-7-19(22)2/h5-9,11,18H,4,10,12-17H2,1-3H3,(H,28,30,34). The minimum absolute atomic E-state index is 0.0251. The van der Waals surface area contributed by atoms with Crippen LogP contribution in [0.3, 0.4) is 0 Å². The summed E-state index contributed by atoms with van der Waals surface area (Å²) in [5, 5.41) is 8.30. The molecule has 9 nitrogen and oxygen atoms in total. The zero-order chi connectivity index (χ0) is 25.5. The number of rotatable bonds is 9. The van der Waals surface area contributed by atoms with E-state index in [0.717, 1.165) is 19.5 Å². The molecule has 3 aromatic rings. The summed E-state index contributed by atoms with van der Waals surface area (Å²) in [7, 11) is 1.56. The van der Waals surface area contributed by atoms with Crippen LogP contribution in [0.25, 0.3) is 11.4 Å². The first-order chi connectivity index (χ1) is 17.5. The van der Waals surface area contributed by atoms with Gasteiger partial charge in [0.05, 0.1) is 13.7 Å². The normalized spacial score (nSPS) is 13.5. The number of hydrogen-bond acceptors (Lipinski definition) is 7. The Labute approximate surface area is 211 Å². The van der Waals surface area contributed by atoms with Gasteiger partial charge in [-0.3, -0.25) is 9.59 Å². The molecule has 2 heterocycles. The number of piperazine rings is 1. The van der Waals surface area contributed by atoms with E-state index in [0.29, 0.717) is 42.6 Å². The Bertz CT molecular complexity index is 1250. The van der Waals surface area contributed by atoms with Crippen molar-refractivity contribution in [3.05, 3.63) is 64.1 Å². The smallest absolute Gasteiger partial charge is 0.273 e. The lowest BCUT2D eigenvalue weighted by Crippen LogP contribution is -2.49. The highest BCUT2D eigenvalue weighted by atomic mass is 16.5. The zero-order valence-corrected chi connectivity index (χ0v) is 21.1. The number of para-hydroxylation sites is 1. The minimum Gasteiger partial charge on any atom is -0.493 e. The average molecular weight is 492 g/mol. The molecule has 1 aromatic heterocycles. The van der Waals surface area contributed by atoms with Crippen molar-refractivity contribution in [2.24, 2.45) is 0 Å². The molecular weight excluding hydrogens is 458 g/mol. The van der Waals surface area contributed by atoms with Gasteiger partial charge in [0, 0.05) is 50.3 Å². The number of hydrogen-bond donors (Lipinski definition) is 1. The quantitative estimate of drug-likeness (QED) is 0.490. The maximum Gasteiger partial charge on any atom is 0.273 e. The van der Waals surface area contributed by atoms with Crippen LogP contribution < -0.4 is 19.9 Å². The number of methoxy groups -OCH3 is 1. The Morgan fingerprint density at radius 2 is 1.83 bits per heavy atom. The molecule has 1 aliphatic rings. The molecule has 0 bridgehead atoms. The van der Waals surface area contributed by atoms with Crippen LogP contribution in [0.1, 0.15) is 31.0 Å². The van der Waals surface area contributed by atoms with Crippen molar-refractivity contribution in [1.29, 1.82) is 0 Å². The fraction of sp³-hybridized carbons (Fsp3) is 0.407. The van der Waals surface area contributed by atoms with Crippen LogP contribution >= 0.6 is 0 Å². The van der Waals surface area contributed by atoms with Crippen LogP contribution in [0.15, 0.2) is 47.3 Å². The van der Waals surface area contributed by atoms with E-state index in [2.05, 4.69) is 39.1 Å². The summed E-state index contributed by atoms with van der Waals surface area (Å²) >= 11 is 0. The average Bonchev–Trinajstić information content (AvgIpc) is 2.91. The van der Waals surface area contributed by atoms with Gasteiger partial charge in [-0.25, -0.2) is 0 Å². The van der Waals surface area contributed by atoms with Crippen molar-refractivity contribution in [2.45, 2.75) is 33.1 Å². The zero-order valence-electron chi connectivity index (χ0n) is 21.1. The Morgan fingerprint density at radius 1 is 1.06 bits per heavy atom. The summed E-state index contributed by atoms with van der Waals surface area (Å²) in [5.41, 5.74) is 3.02. The van der Waals surface area contributed by atoms with Gasteiger partial charge in [0.15, 0.2) is 17.3 Å². The molecule has 0 saturated carbocycles. The van der Waals surface area contributed by atoms with Crippen molar-refractivity contribution >= 4 is 11.6 Å². The van der Waals surface area contributed by atoms with Crippen molar-refractivity contribution in [3.8, 4) is 22.9 Å². The minimum atomic E-state index is -0.345. The third-order valence-electron chi connectivity index (χ3n) is 6.33. The molecule has 1 aliphatic heterocycles.